The number of hydrogen-bond donors (Lipinski definition) is 3. The highest BCUT2D eigenvalue weighted by Crippen LogP contribution is 2.36. The largest absolute Gasteiger partial charge is 0.368 e. The summed E-state index contributed by atoms with van der Waals surface area (Å²) in [5.41, 5.74) is 1.37. The standard InChI is InChI=1S/C23H28N6OS/c1-31-18-10-8-17(9-11-18)26-22(30)29-14-12-23(15-29)21(25-16-5-2-3-6-16)27-20-19(28-23)7-4-13-24-20/h4,7-11,13,16,28H,2-3,5-6,12,14-15H2,1H3,(H,26,30)(H,24,25,27). The molecular formula is C23H28N6OS. The number of benzene rings is 1. The second-order valence-electron chi connectivity index (χ2n) is 8.48. The van der Waals surface area contributed by atoms with Gasteiger partial charge in [0.25, 0.3) is 0 Å². The Morgan fingerprint density at radius 3 is 2.84 bits per heavy atom. The average Bonchev–Trinajstić information content (AvgIpc) is 3.46. The van der Waals surface area contributed by atoms with Gasteiger partial charge >= 0.3 is 6.03 Å². The third-order valence-corrected chi connectivity index (χ3v) is 7.15. The first-order valence-electron chi connectivity index (χ1n) is 10.9. The van der Waals surface area contributed by atoms with Crippen LogP contribution in [-0.2, 0) is 0 Å². The quantitative estimate of drug-likeness (QED) is 0.610. The third-order valence-electron chi connectivity index (χ3n) is 6.41. The number of nitrogens with zero attached hydrogens (tertiary/aromatic N) is 3. The fourth-order valence-electron chi connectivity index (χ4n) is 4.68. The lowest BCUT2D eigenvalue weighted by Crippen LogP contribution is -2.55. The van der Waals surface area contributed by atoms with E-state index in [2.05, 4.69) is 20.9 Å². The number of aliphatic imine (C=N–C) groups is 1. The Morgan fingerprint density at radius 2 is 2.06 bits per heavy atom. The maximum absolute atomic E-state index is 13.0. The highest BCUT2D eigenvalue weighted by molar-refractivity contribution is 7.98. The van der Waals surface area contributed by atoms with E-state index in [0.29, 0.717) is 19.1 Å². The summed E-state index contributed by atoms with van der Waals surface area (Å²) >= 11 is 1.69. The highest BCUT2D eigenvalue weighted by atomic mass is 32.2. The van der Waals surface area contributed by atoms with Crippen LogP contribution in [0.4, 0.5) is 22.0 Å². The van der Waals surface area contributed by atoms with Crippen molar-refractivity contribution < 1.29 is 4.79 Å². The first-order valence-corrected chi connectivity index (χ1v) is 12.2. The summed E-state index contributed by atoms with van der Waals surface area (Å²) in [5, 5.41) is 10.2. The molecule has 2 fully saturated rings. The number of likely N-dealkylation sites (tertiary alicyclic amines) is 1. The predicted molar refractivity (Wildman–Crippen MR) is 127 cm³/mol. The molecule has 1 aromatic heterocycles. The molecule has 2 aliphatic heterocycles. The van der Waals surface area contributed by atoms with Gasteiger partial charge in [-0.2, -0.15) is 0 Å². The lowest BCUT2D eigenvalue weighted by molar-refractivity contribution is 0.221. The van der Waals surface area contributed by atoms with Crippen molar-refractivity contribution in [3.05, 3.63) is 42.6 Å². The Kier molecular flexibility index (Phi) is 5.48. The van der Waals surface area contributed by atoms with E-state index in [1.54, 1.807) is 18.0 Å². The van der Waals surface area contributed by atoms with Gasteiger partial charge in [-0.3, -0.25) is 4.99 Å². The number of carbonyl (C=O) groups excluding carboxylic acids is 1. The van der Waals surface area contributed by atoms with Crippen LogP contribution in [0, 0.1) is 0 Å². The van der Waals surface area contributed by atoms with Crippen molar-refractivity contribution in [1.82, 2.24) is 9.88 Å². The van der Waals surface area contributed by atoms with Crippen LogP contribution in [0.3, 0.4) is 0 Å². The maximum atomic E-state index is 13.0. The molecule has 1 atom stereocenters. The normalized spacial score (nSPS) is 24.2. The zero-order valence-electron chi connectivity index (χ0n) is 17.7. The van der Waals surface area contributed by atoms with E-state index in [1.165, 1.54) is 17.7 Å². The first-order chi connectivity index (χ1) is 15.1. The molecule has 2 aromatic rings. The van der Waals surface area contributed by atoms with Crippen LogP contribution in [0.15, 0.2) is 52.5 Å². The molecule has 1 saturated carbocycles. The fraction of sp³-hybridized carbons (Fsp3) is 0.435. The van der Waals surface area contributed by atoms with Crippen molar-refractivity contribution in [3.8, 4) is 0 Å². The lowest BCUT2D eigenvalue weighted by atomic mass is 9.93. The maximum Gasteiger partial charge on any atom is 0.321 e. The molecule has 3 aliphatic rings. The van der Waals surface area contributed by atoms with E-state index in [0.717, 1.165) is 42.3 Å². The second kappa shape index (κ2) is 8.42. The third kappa shape index (κ3) is 4.08. The van der Waals surface area contributed by atoms with Crippen molar-refractivity contribution in [3.63, 3.8) is 0 Å². The second-order valence-corrected chi connectivity index (χ2v) is 9.36. The Labute approximate surface area is 187 Å². The predicted octanol–water partition coefficient (Wildman–Crippen LogP) is 4.66. The van der Waals surface area contributed by atoms with Gasteiger partial charge in [0.1, 0.15) is 11.4 Å². The van der Waals surface area contributed by atoms with Gasteiger partial charge in [-0.25, -0.2) is 9.78 Å². The van der Waals surface area contributed by atoms with Gasteiger partial charge in [0.15, 0.2) is 5.82 Å². The number of rotatable bonds is 3. The topological polar surface area (TPSA) is 81.7 Å². The summed E-state index contributed by atoms with van der Waals surface area (Å²) in [7, 11) is 0. The number of nitrogens with one attached hydrogen (secondary N) is 3. The van der Waals surface area contributed by atoms with Crippen LogP contribution in [0.25, 0.3) is 0 Å². The Hall–Kier alpha value is -2.74. The summed E-state index contributed by atoms with van der Waals surface area (Å²) in [6.07, 6.45) is 9.37. The van der Waals surface area contributed by atoms with E-state index in [9.17, 15) is 4.79 Å². The lowest BCUT2D eigenvalue weighted by Gasteiger charge is -2.38. The van der Waals surface area contributed by atoms with E-state index in [1.807, 2.05) is 47.6 Å². The first kappa shape index (κ1) is 20.2. The van der Waals surface area contributed by atoms with E-state index in [-0.39, 0.29) is 6.03 Å². The Bertz CT molecular complexity index is 988. The number of hydrogen-bond acceptors (Lipinski definition) is 5. The smallest absolute Gasteiger partial charge is 0.321 e. The number of anilines is 3. The van der Waals surface area contributed by atoms with E-state index >= 15 is 0 Å². The van der Waals surface area contributed by atoms with E-state index < -0.39 is 5.54 Å². The molecule has 0 radical (unpaired) electrons. The zero-order valence-corrected chi connectivity index (χ0v) is 18.5. The van der Waals surface area contributed by atoms with Gasteiger partial charge in [-0.15, -0.1) is 11.8 Å². The summed E-state index contributed by atoms with van der Waals surface area (Å²) < 4.78 is 0. The van der Waals surface area contributed by atoms with Crippen LogP contribution >= 0.6 is 11.8 Å². The summed E-state index contributed by atoms with van der Waals surface area (Å²) in [6, 6.07) is 12.2. The number of amides is 2. The highest BCUT2D eigenvalue weighted by Gasteiger charge is 2.47. The molecule has 3 heterocycles. The molecule has 7 nitrogen and oxygen atoms in total. The van der Waals surface area contributed by atoms with E-state index in [4.69, 9.17) is 4.99 Å². The van der Waals surface area contributed by atoms with Crippen LogP contribution in [0.1, 0.15) is 32.1 Å². The monoisotopic (exact) mass is 436 g/mol. The molecule has 162 valence electrons. The summed E-state index contributed by atoms with van der Waals surface area (Å²) in [6.45, 7) is 1.23. The molecule has 0 bridgehead atoms. The molecule has 1 unspecified atom stereocenters. The SMILES string of the molecule is CSc1ccc(NC(=O)N2CCC3(C2)Nc2cccnc2NC3=NC2CCCC2)cc1. The van der Waals surface area contributed by atoms with Crippen LogP contribution in [0.2, 0.25) is 0 Å². The zero-order chi connectivity index (χ0) is 21.3. The molecule has 1 aromatic carbocycles. The Balaban J connectivity index is 1.36. The van der Waals surface area contributed by atoms with Crippen LogP contribution in [-0.4, -0.2) is 52.7 Å². The summed E-state index contributed by atoms with van der Waals surface area (Å²) in [4.78, 5) is 25.6. The molecule has 1 spiro atoms. The number of urea groups is 1. The minimum absolute atomic E-state index is 0.0761. The van der Waals surface area contributed by atoms with Gasteiger partial charge < -0.3 is 20.9 Å². The molecule has 1 aliphatic carbocycles. The molecule has 8 heteroatoms. The van der Waals surface area contributed by atoms with Gasteiger partial charge in [0.2, 0.25) is 0 Å². The number of thioether (sulfide) groups is 1. The van der Waals surface area contributed by atoms with Gasteiger partial charge in [-0.1, -0.05) is 12.8 Å². The number of aromatic nitrogens is 1. The number of amidine groups is 1. The number of fused-ring (bicyclic) bond motifs is 1. The molecule has 1 saturated heterocycles. The molecule has 2 amide bonds. The number of pyridine rings is 1. The molecule has 5 rings (SSSR count). The van der Waals surface area contributed by atoms with Gasteiger partial charge in [0.05, 0.1) is 18.3 Å². The van der Waals surface area contributed by atoms with Gasteiger partial charge in [-0.05, 0) is 61.9 Å². The van der Waals surface area contributed by atoms with Crippen molar-refractivity contribution in [1.29, 1.82) is 0 Å². The molecular weight excluding hydrogens is 408 g/mol. The van der Waals surface area contributed by atoms with Gasteiger partial charge in [0, 0.05) is 23.3 Å². The van der Waals surface area contributed by atoms with Crippen LogP contribution < -0.4 is 16.0 Å². The fourth-order valence-corrected chi connectivity index (χ4v) is 5.09. The minimum Gasteiger partial charge on any atom is -0.368 e. The summed E-state index contributed by atoms with van der Waals surface area (Å²) in [5.74, 6) is 1.73. The average molecular weight is 437 g/mol. The molecule has 31 heavy (non-hydrogen) atoms. The van der Waals surface area contributed by atoms with Crippen molar-refractivity contribution in [2.24, 2.45) is 4.99 Å². The minimum atomic E-state index is -0.404. The van der Waals surface area contributed by atoms with Crippen LogP contribution in [0.5, 0.6) is 0 Å². The van der Waals surface area contributed by atoms with Crippen molar-refractivity contribution >= 4 is 40.8 Å². The van der Waals surface area contributed by atoms with Crippen molar-refractivity contribution in [2.45, 2.75) is 48.6 Å². The van der Waals surface area contributed by atoms with Crippen molar-refractivity contribution in [2.75, 3.05) is 35.3 Å². The number of carbonyl (C=O) groups is 1. The molecule has 3 N–H and O–H groups in total. The Morgan fingerprint density at radius 1 is 1.26 bits per heavy atom.